The zero-order valence-corrected chi connectivity index (χ0v) is 20.1. The van der Waals surface area contributed by atoms with Crippen molar-refractivity contribution in [3.63, 3.8) is 0 Å². The predicted molar refractivity (Wildman–Crippen MR) is 137 cm³/mol. The normalized spacial score (nSPS) is 11.8. The third-order valence-corrected chi connectivity index (χ3v) is 6.04. The third kappa shape index (κ3) is 6.31. The van der Waals surface area contributed by atoms with Gasteiger partial charge in [-0.25, -0.2) is 9.37 Å². The fraction of sp³-hybridized carbons (Fsp3) is 0.250. The summed E-state index contributed by atoms with van der Waals surface area (Å²) in [5.74, 6) is 0.323. The SMILES string of the molecule is CSCC[C@H](CO)NC(=O)c1ccc(-c2cc(Nc3ccc(Cl)cc3CF)ccc2O)nc1N. The number of rotatable bonds is 10. The fourth-order valence-electron chi connectivity index (χ4n) is 3.32. The lowest BCUT2D eigenvalue weighted by atomic mass is 10.1. The van der Waals surface area contributed by atoms with Crippen LogP contribution < -0.4 is 16.4 Å². The Kier molecular flexibility index (Phi) is 8.98. The zero-order chi connectivity index (χ0) is 24.7. The first-order chi connectivity index (χ1) is 16.4. The number of pyridine rings is 1. The summed E-state index contributed by atoms with van der Waals surface area (Å²) in [6.07, 6.45) is 2.58. The number of amides is 1. The molecule has 2 aromatic carbocycles. The molecule has 10 heteroatoms. The van der Waals surface area contributed by atoms with Gasteiger partial charge in [0.05, 0.1) is 23.9 Å². The van der Waals surface area contributed by atoms with E-state index in [1.165, 1.54) is 12.1 Å². The lowest BCUT2D eigenvalue weighted by Crippen LogP contribution is -2.38. The van der Waals surface area contributed by atoms with Gasteiger partial charge in [0, 0.05) is 27.5 Å². The number of nitrogens with zero attached hydrogens (tertiary/aromatic N) is 1. The van der Waals surface area contributed by atoms with E-state index in [2.05, 4.69) is 15.6 Å². The van der Waals surface area contributed by atoms with E-state index in [9.17, 15) is 19.4 Å². The summed E-state index contributed by atoms with van der Waals surface area (Å²) in [4.78, 5) is 16.9. The van der Waals surface area contributed by atoms with Crippen molar-refractivity contribution >= 4 is 46.5 Å². The number of benzene rings is 2. The fourth-order valence-corrected chi connectivity index (χ4v) is 4.03. The minimum Gasteiger partial charge on any atom is -0.507 e. The molecule has 0 spiro atoms. The molecule has 3 rings (SSSR count). The number of alkyl halides is 1. The van der Waals surface area contributed by atoms with Crippen LogP contribution in [0.25, 0.3) is 11.3 Å². The van der Waals surface area contributed by atoms with E-state index in [-0.39, 0.29) is 29.8 Å². The standard InChI is InChI=1S/C24H26ClFN4O3S/c1-34-9-8-17(13-31)29-24(33)18-4-6-21(30-23(18)27)19-11-16(3-7-22(19)32)28-20-5-2-15(25)10-14(20)12-26/h2-7,10-11,17,28,31-32H,8-9,12-13H2,1H3,(H2,27,30)(H,29,33)/t17-/m1/s1. The predicted octanol–water partition coefficient (Wildman–Crippen LogP) is 4.75. The molecule has 3 aromatic rings. The molecule has 1 aromatic heterocycles. The highest BCUT2D eigenvalue weighted by Crippen LogP contribution is 2.33. The lowest BCUT2D eigenvalue weighted by molar-refractivity contribution is 0.0916. The van der Waals surface area contributed by atoms with Gasteiger partial charge in [-0.05, 0) is 67.0 Å². The molecule has 0 fully saturated rings. The first-order valence-corrected chi connectivity index (χ1v) is 12.3. The highest BCUT2D eigenvalue weighted by atomic mass is 35.5. The second-order valence-corrected chi connectivity index (χ2v) is 8.98. The Labute approximate surface area is 206 Å². The van der Waals surface area contributed by atoms with E-state index in [0.29, 0.717) is 39.6 Å². The Morgan fingerprint density at radius 2 is 2.03 bits per heavy atom. The monoisotopic (exact) mass is 504 g/mol. The highest BCUT2D eigenvalue weighted by molar-refractivity contribution is 7.98. The van der Waals surface area contributed by atoms with E-state index < -0.39 is 12.6 Å². The number of aromatic nitrogens is 1. The van der Waals surface area contributed by atoms with Gasteiger partial charge in [0.25, 0.3) is 5.91 Å². The van der Waals surface area contributed by atoms with Crippen molar-refractivity contribution in [2.45, 2.75) is 19.1 Å². The van der Waals surface area contributed by atoms with Crippen LogP contribution in [0.15, 0.2) is 48.5 Å². The Hall–Kier alpha value is -3.01. The molecular weight excluding hydrogens is 479 g/mol. The number of halogens is 2. The van der Waals surface area contributed by atoms with Crippen molar-refractivity contribution in [2.75, 3.05) is 29.7 Å². The number of aromatic hydroxyl groups is 1. The van der Waals surface area contributed by atoms with E-state index in [1.54, 1.807) is 48.2 Å². The second kappa shape index (κ2) is 11.9. The van der Waals surface area contributed by atoms with Crippen LogP contribution in [0.5, 0.6) is 5.75 Å². The minimum atomic E-state index is -0.691. The molecule has 0 unspecified atom stereocenters. The molecule has 0 aliphatic carbocycles. The molecule has 0 aliphatic heterocycles. The molecule has 0 radical (unpaired) electrons. The van der Waals surface area contributed by atoms with Crippen LogP contribution in [0, 0.1) is 0 Å². The molecule has 0 saturated heterocycles. The van der Waals surface area contributed by atoms with Gasteiger partial charge in [0.15, 0.2) is 0 Å². The summed E-state index contributed by atoms with van der Waals surface area (Å²) in [5, 5.41) is 26.2. The Bertz CT molecular complexity index is 1170. The molecule has 180 valence electrons. The number of phenolic OH excluding ortho intramolecular Hbond substituents is 1. The van der Waals surface area contributed by atoms with Crippen molar-refractivity contribution in [3.05, 3.63) is 64.7 Å². The van der Waals surface area contributed by atoms with Crippen molar-refractivity contribution in [2.24, 2.45) is 0 Å². The number of anilines is 3. The number of aliphatic hydroxyl groups excluding tert-OH is 1. The summed E-state index contributed by atoms with van der Waals surface area (Å²) in [6.45, 7) is -0.868. The first-order valence-electron chi connectivity index (χ1n) is 10.5. The van der Waals surface area contributed by atoms with Gasteiger partial charge < -0.3 is 26.6 Å². The van der Waals surface area contributed by atoms with Crippen LogP contribution in [0.2, 0.25) is 5.02 Å². The number of thioether (sulfide) groups is 1. The Morgan fingerprint density at radius 1 is 1.24 bits per heavy atom. The number of carbonyl (C=O) groups excluding carboxylic acids is 1. The number of nitrogen functional groups attached to an aromatic ring is 1. The van der Waals surface area contributed by atoms with Crippen molar-refractivity contribution < 1.29 is 19.4 Å². The largest absolute Gasteiger partial charge is 0.507 e. The third-order valence-electron chi connectivity index (χ3n) is 5.16. The highest BCUT2D eigenvalue weighted by Gasteiger charge is 2.17. The van der Waals surface area contributed by atoms with Crippen molar-refractivity contribution in [1.82, 2.24) is 10.3 Å². The molecule has 6 N–H and O–H groups in total. The van der Waals surface area contributed by atoms with E-state index in [1.807, 2.05) is 6.26 Å². The number of phenols is 1. The van der Waals surface area contributed by atoms with Gasteiger partial charge >= 0.3 is 0 Å². The Balaban J connectivity index is 1.83. The van der Waals surface area contributed by atoms with Gasteiger partial charge in [0.2, 0.25) is 0 Å². The van der Waals surface area contributed by atoms with Gasteiger partial charge in [-0.3, -0.25) is 4.79 Å². The van der Waals surface area contributed by atoms with E-state index in [4.69, 9.17) is 17.3 Å². The molecule has 34 heavy (non-hydrogen) atoms. The van der Waals surface area contributed by atoms with Crippen LogP contribution in [0.3, 0.4) is 0 Å². The van der Waals surface area contributed by atoms with Crippen molar-refractivity contribution in [1.29, 1.82) is 0 Å². The van der Waals surface area contributed by atoms with Gasteiger partial charge in [-0.2, -0.15) is 11.8 Å². The minimum absolute atomic E-state index is 0.00765. The van der Waals surface area contributed by atoms with Crippen LogP contribution in [-0.2, 0) is 6.67 Å². The van der Waals surface area contributed by atoms with Crippen LogP contribution in [0.1, 0.15) is 22.3 Å². The summed E-state index contributed by atoms with van der Waals surface area (Å²) in [6, 6.07) is 12.4. The van der Waals surface area contributed by atoms with Crippen LogP contribution in [0.4, 0.5) is 21.6 Å². The lowest BCUT2D eigenvalue weighted by Gasteiger charge is -2.17. The number of hydrogen-bond acceptors (Lipinski definition) is 7. The number of aliphatic hydroxyl groups is 1. The summed E-state index contributed by atoms with van der Waals surface area (Å²) in [5.41, 5.74) is 8.50. The van der Waals surface area contributed by atoms with Crippen molar-refractivity contribution in [3.8, 4) is 17.0 Å². The summed E-state index contributed by atoms with van der Waals surface area (Å²) in [7, 11) is 0. The molecule has 7 nitrogen and oxygen atoms in total. The maximum Gasteiger partial charge on any atom is 0.255 e. The quantitative estimate of drug-likeness (QED) is 0.253. The van der Waals surface area contributed by atoms with Crippen LogP contribution in [-0.4, -0.2) is 45.8 Å². The summed E-state index contributed by atoms with van der Waals surface area (Å²) >= 11 is 7.57. The molecule has 1 atom stereocenters. The van der Waals surface area contributed by atoms with Crippen LogP contribution >= 0.6 is 23.4 Å². The first kappa shape index (κ1) is 25.6. The van der Waals surface area contributed by atoms with E-state index in [0.717, 1.165) is 5.75 Å². The summed E-state index contributed by atoms with van der Waals surface area (Å²) < 4.78 is 13.4. The maximum atomic E-state index is 13.4. The molecular formula is C24H26ClFN4O3S. The molecule has 0 bridgehead atoms. The average Bonchev–Trinajstić information content (AvgIpc) is 2.83. The number of carbonyl (C=O) groups is 1. The molecule has 0 saturated carbocycles. The second-order valence-electron chi connectivity index (χ2n) is 7.56. The van der Waals surface area contributed by atoms with E-state index >= 15 is 0 Å². The topological polar surface area (TPSA) is 120 Å². The smallest absolute Gasteiger partial charge is 0.255 e. The number of nitrogens with one attached hydrogen (secondary N) is 2. The van der Waals surface area contributed by atoms with Gasteiger partial charge in [-0.1, -0.05) is 11.6 Å². The molecule has 1 heterocycles. The number of hydrogen-bond donors (Lipinski definition) is 5. The zero-order valence-electron chi connectivity index (χ0n) is 18.5. The van der Waals surface area contributed by atoms with Gasteiger partial charge in [-0.15, -0.1) is 0 Å². The molecule has 1 amide bonds. The Morgan fingerprint density at radius 3 is 2.71 bits per heavy atom. The number of nitrogens with two attached hydrogens (primary N) is 1. The van der Waals surface area contributed by atoms with Gasteiger partial charge in [0.1, 0.15) is 18.2 Å². The average molecular weight is 505 g/mol. The molecule has 0 aliphatic rings. The maximum absolute atomic E-state index is 13.4.